The van der Waals surface area contributed by atoms with E-state index >= 15 is 0 Å². The van der Waals surface area contributed by atoms with E-state index in [4.69, 9.17) is 11.6 Å². The number of hydrogen-bond donors (Lipinski definition) is 3. The minimum atomic E-state index is -1.10. The molecule has 3 rings (SSSR count). The molecule has 1 saturated heterocycles. The largest absolute Gasteiger partial charge is 0.384 e. The molecule has 0 spiro atoms. The molecule has 36 heavy (non-hydrogen) atoms. The van der Waals surface area contributed by atoms with Crippen molar-refractivity contribution < 1.29 is 19.5 Å². The lowest BCUT2D eigenvalue weighted by Gasteiger charge is -2.51. The molecule has 8 heteroatoms. The second-order valence-corrected chi connectivity index (χ2v) is 10.8. The Morgan fingerprint density at radius 3 is 2.17 bits per heavy atom. The number of aliphatic hydroxyl groups is 1. The zero-order valence-corrected chi connectivity index (χ0v) is 22.3. The van der Waals surface area contributed by atoms with Crippen molar-refractivity contribution in [2.45, 2.75) is 58.7 Å². The lowest BCUT2D eigenvalue weighted by atomic mass is 9.66. The third-order valence-electron chi connectivity index (χ3n) is 7.33. The maximum atomic E-state index is 13.4. The van der Waals surface area contributed by atoms with Crippen LogP contribution in [0.5, 0.6) is 0 Å². The van der Waals surface area contributed by atoms with E-state index < -0.39 is 29.0 Å². The van der Waals surface area contributed by atoms with Crippen LogP contribution in [-0.2, 0) is 20.0 Å². The van der Waals surface area contributed by atoms with E-state index in [9.17, 15) is 19.5 Å². The van der Waals surface area contributed by atoms with Crippen LogP contribution in [0.25, 0.3) is 0 Å². The van der Waals surface area contributed by atoms with Crippen molar-refractivity contribution in [2.75, 3.05) is 13.1 Å². The van der Waals surface area contributed by atoms with E-state index in [1.54, 1.807) is 55.1 Å². The maximum absolute atomic E-state index is 13.4. The van der Waals surface area contributed by atoms with Crippen molar-refractivity contribution in [3.05, 3.63) is 70.7 Å². The molecule has 0 aromatic heterocycles. The molecule has 2 aromatic carbocycles. The quantitative estimate of drug-likeness (QED) is 0.524. The number of likely N-dealkylation sites (tertiary alicyclic amines) is 1. The first kappa shape index (κ1) is 27.7. The van der Waals surface area contributed by atoms with Crippen LogP contribution in [0.3, 0.4) is 0 Å². The van der Waals surface area contributed by atoms with Crippen molar-refractivity contribution in [3.8, 4) is 0 Å². The number of piperidine rings is 1. The van der Waals surface area contributed by atoms with Crippen molar-refractivity contribution in [1.82, 2.24) is 15.5 Å². The van der Waals surface area contributed by atoms with Crippen LogP contribution in [0.2, 0.25) is 5.02 Å². The highest BCUT2D eigenvalue weighted by molar-refractivity contribution is 6.30. The van der Waals surface area contributed by atoms with E-state index in [2.05, 4.69) is 10.6 Å². The monoisotopic (exact) mass is 513 g/mol. The van der Waals surface area contributed by atoms with Gasteiger partial charge in [-0.1, -0.05) is 74.8 Å². The smallest absolute Gasteiger partial charge is 0.247 e. The molecule has 0 saturated carbocycles. The van der Waals surface area contributed by atoms with Crippen LogP contribution in [-0.4, -0.2) is 46.9 Å². The first-order valence-electron chi connectivity index (χ1n) is 12.3. The average molecular weight is 514 g/mol. The van der Waals surface area contributed by atoms with Crippen LogP contribution in [0.1, 0.15) is 58.2 Å². The number of halogens is 1. The molecule has 1 unspecified atom stereocenters. The van der Waals surface area contributed by atoms with Gasteiger partial charge >= 0.3 is 0 Å². The molecule has 4 atom stereocenters. The van der Waals surface area contributed by atoms with Gasteiger partial charge in [0.1, 0.15) is 6.04 Å². The SMILES string of the molecule is CC(=O)N[C@@H](C(=O)NC(C)[C@@H](C)C(=O)N1CC[C@](O)(c2ccc(Cl)cc2)C(C)(C)C1)c1ccccc1. The number of carbonyl (C=O) groups is 3. The van der Waals surface area contributed by atoms with Crippen LogP contribution >= 0.6 is 11.6 Å². The van der Waals surface area contributed by atoms with Crippen molar-refractivity contribution in [1.29, 1.82) is 0 Å². The van der Waals surface area contributed by atoms with E-state index in [1.807, 2.05) is 32.0 Å². The summed E-state index contributed by atoms with van der Waals surface area (Å²) in [7, 11) is 0. The van der Waals surface area contributed by atoms with Gasteiger partial charge in [-0.25, -0.2) is 0 Å². The zero-order valence-electron chi connectivity index (χ0n) is 21.5. The molecule has 7 nitrogen and oxygen atoms in total. The van der Waals surface area contributed by atoms with E-state index in [0.717, 1.165) is 5.56 Å². The zero-order chi connectivity index (χ0) is 26.7. The van der Waals surface area contributed by atoms with Gasteiger partial charge in [0.05, 0.1) is 11.5 Å². The molecule has 194 valence electrons. The lowest BCUT2D eigenvalue weighted by Crippen LogP contribution is -2.58. The number of amides is 3. The van der Waals surface area contributed by atoms with Gasteiger partial charge in [0.25, 0.3) is 0 Å². The lowest BCUT2D eigenvalue weighted by molar-refractivity contribution is -0.157. The van der Waals surface area contributed by atoms with Crippen molar-refractivity contribution >= 4 is 29.3 Å². The topological polar surface area (TPSA) is 98.7 Å². The highest BCUT2D eigenvalue weighted by Crippen LogP contribution is 2.46. The van der Waals surface area contributed by atoms with Crippen LogP contribution in [0.15, 0.2) is 54.6 Å². The van der Waals surface area contributed by atoms with Gasteiger partial charge in [0, 0.05) is 36.5 Å². The van der Waals surface area contributed by atoms with Gasteiger partial charge in [-0.3, -0.25) is 14.4 Å². The summed E-state index contributed by atoms with van der Waals surface area (Å²) in [6.45, 7) is 9.61. The van der Waals surface area contributed by atoms with E-state index in [1.165, 1.54) is 6.92 Å². The standard InChI is InChI=1S/C28H36ClN3O4/c1-18(19(2)30-25(34)24(31-20(3)33)21-9-7-6-8-10-21)26(35)32-16-15-28(36,27(4,5)17-32)22-11-13-23(29)14-12-22/h6-14,18-19,24,36H,15-17H2,1-5H3,(H,30,34)(H,31,33)/t18-,19?,24-,28+/m1/s1. The van der Waals surface area contributed by atoms with Crippen molar-refractivity contribution in [2.24, 2.45) is 11.3 Å². The number of nitrogens with zero attached hydrogens (tertiary/aromatic N) is 1. The summed E-state index contributed by atoms with van der Waals surface area (Å²) in [6, 6.07) is 14.9. The molecular formula is C28H36ClN3O4. The predicted molar refractivity (Wildman–Crippen MR) is 140 cm³/mol. The fourth-order valence-corrected chi connectivity index (χ4v) is 4.98. The van der Waals surface area contributed by atoms with Gasteiger partial charge in [0.15, 0.2) is 0 Å². The Kier molecular flexibility index (Phi) is 8.47. The molecule has 3 N–H and O–H groups in total. The molecule has 0 bridgehead atoms. The van der Waals surface area contributed by atoms with E-state index in [-0.39, 0.29) is 17.7 Å². The van der Waals surface area contributed by atoms with Crippen LogP contribution in [0, 0.1) is 11.3 Å². The maximum Gasteiger partial charge on any atom is 0.247 e. The fraction of sp³-hybridized carbons (Fsp3) is 0.464. The molecule has 0 aliphatic carbocycles. The van der Waals surface area contributed by atoms with Gasteiger partial charge in [-0.05, 0) is 36.6 Å². The normalized spacial score (nSPS) is 21.7. The Hall–Kier alpha value is -2.90. The highest BCUT2D eigenvalue weighted by atomic mass is 35.5. The third-order valence-corrected chi connectivity index (χ3v) is 7.59. The van der Waals surface area contributed by atoms with Crippen LogP contribution < -0.4 is 10.6 Å². The minimum Gasteiger partial charge on any atom is -0.384 e. The number of rotatable bonds is 7. The number of benzene rings is 2. The third kappa shape index (κ3) is 5.90. The minimum absolute atomic E-state index is 0.0928. The molecule has 1 heterocycles. The summed E-state index contributed by atoms with van der Waals surface area (Å²) in [4.78, 5) is 40.0. The number of carbonyl (C=O) groups excluding carboxylic acids is 3. The Bertz CT molecular complexity index is 1090. The second kappa shape index (κ2) is 11.0. The Balaban J connectivity index is 1.68. The Labute approximate surface area is 218 Å². The molecule has 1 aliphatic heterocycles. The molecule has 0 radical (unpaired) electrons. The number of nitrogens with one attached hydrogen (secondary N) is 2. The average Bonchev–Trinajstić information content (AvgIpc) is 2.84. The van der Waals surface area contributed by atoms with Crippen molar-refractivity contribution in [3.63, 3.8) is 0 Å². The molecule has 3 amide bonds. The van der Waals surface area contributed by atoms with Gasteiger partial charge < -0.3 is 20.6 Å². The molecule has 1 fully saturated rings. The first-order chi connectivity index (χ1) is 16.9. The molecule has 2 aromatic rings. The Morgan fingerprint density at radius 2 is 1.61 bits per heavy atom. The number of hydrogen-bond acceptors (Lipinski definition) is 4. The fourth-order valence-electron chi connectivity index (χ4n) is 4.85. The summed E-state index contributed by atoms with van der Waals surface area (Å²) in [5, 5.41) is 17.8. The van der Waals surface area contributed by atoms with Gasteiger partial charge in [-0.15, -0.1) is 0 Å². The van der Waals surface area contributed by atoms with E-state index in [0.29, 0.717) is 30.1 Å². The van der Waals surface area contributed by atoms with Gasteiger partial charge in [-0.2, -0.15) is 0 Å². The summed E-state index contributed by atoms with van der Waals surface area (Å²) in [5.41, 5.74) is -0.262. The predicted octanol–water partition coefficient (Wildman–Crippen LogP) is 3.80. The van der Waals surface area contributed by atoms with Crippen LogP contribution in [0.4, 0.5) is 0 Å². The Morgan fingerprint density at radius 1 is 1.00 bits per heavy atom. The molecular weight excluding hydrogens is 478 g/mol. The summed E-state index contributed by atoms with van der Waals surface area (Å²) >= 11 is 6.03. The first-order valence-corrected chi connectivity index (χ1v) is 12.6. The van der Waals surface area contributed by atoms with Gasteiger partial charge in [0.2, 0.25) is 17.7 Å². The highest BCUT2D eigenvalue weighted by Gasteiger charge is 2.50. The second-order valence-electron chi connectivity index (χ2n) is 10.4. The molecule has 1 aliphatic rings. The summed E-state index contributed by atoms with van der Waals surface area (Å²) in [5.74, 6) is -1.29. The summed E-state index contributed by atoms with van der Waals surface area (Å²) in [6.07, 6.45) is 0.388. The summed E-state index contributed by atoms with van der Waals surface area (Å²) < 4.78 is 0.